The molecular weight excluding hydrogens is 297 g/mol. The molecular formula is C15H13Cl2NO2. The maximum Gasteiger partial charge on any atom is 0.157 e. The largest absolute Gasteiger partial charge is 0.504 e. The van der Waals surface area contributed by atoms with Crippen molar-refractivity contribution in [3.63, 3.8) is 0 Å². The minimum absolute atomic E-state index is 0.0694. The van der Waals surface area contributed by atoms with Crippen molar-refractivity contribution in [2.24, 2.45) is 0 Å². The lowest BCUT2D eigenvalue weighted by Crippen LogP contribution is -2.30. The average Bonchev–Trinajstić information content (AvgIpc) is 2.43. The highest BCUT2D eigenvalue weighted by molar-refractivity contribution is 6.42. The Labute approximate surface area is 126 Å². The summed E-state index contributed by atoms with van der Waals surface area (Å²) >= 11 is 12.0. The second kappa shape index (κ2) is 5.17. The Kier molecular flexibility index (Phi) is 3.50. The van der Waals surface area contributed by atoms with E-state index in [0.717, 1.165) is 29.7 Å². The lowest BCUT2D eigenvalue weighted by atomic mass is 9.89. The normalized spacial score (nSPS) is 17.8. The zero-order valence-corrected chi connectivity index (χ0v) is 12.0. The van der Waals surface area contributed by atoms with Crippen LogP contribution in [0.3, 0.4) is 0 Å². The molecule has 2 aromatic carbocycles. The van der Waals surface area contributed by atoms with Crippen molar-refractivity contribution in [1.82, 2.24) is 5.32 Å². The van der Waals surface area contributed by atoms with Gasteiger partial charge in [-0.2, -0.15) is 0 Å². The van der Waals surface area contributed by atoms with Gasteiger partial charge in [0.2, 0.25) is 0 Å². The van der Waals surface area contributed by atoms with Crippen molar-refractivity contribution in [2.75, 3.05) is 6.54 Å². The quantitative estimate of drug-likeness (QED) is 0.705. The van der Waals surface area contributed by atoms with E-state index in [2.05, 4.69) is 5.32 Å². The molecule has 104 valence electrons. The molecule has 0 radical (unpaired) electrons. The average molecular weight is 310 g/mol. The van der Waals surface area contributed by atoms with Gasteiger partial charge in [0, 0.05) is 6.54 Å². The second-order valence-corrected chi connectivity index (χ2v) is 5.66. The number of nitrogens with one attached hydrogen (secondary N) is 1. The van der Waals surface area contributed by atoms with Crippen LogP contribution in [0.25, 0.3) is 0 Å². The second-order valence-electron chi connectivity index (χ2n) is 4.85. The van der Waals surface area contributed by atoms with Gasteiger partial charge >= 0.3 is 0 Å². The molecule has 0 unspecified atom stereocenters. The number of halogens is 2. The summed E-state index contributed by atoms with van der Waals surface area (Å²) in [4.78, 5) is 0. The molecule has 3 rings (SSSR count). The van der Waals surface area contributed by atoms with Crippen LogP contribution < -0.4 is 5.32 Å². The topological polar surface area (TPSA) is 52.5 Å². The summed E-state index contributed by atoms with van der Waals surface area (Å²) in [7, 11) is 0. The Morgan fingerprint density at radius 2 is 1.75 bits per heavy atom. The molecule has 3 N–H and O–H groups in total. The Bertz CT molecular complexity index is 673. The molecule has 0 amide bonds. The highest BCUT2D eigenvalue weighted by Gasteiger charge is 2.23. The first kappa shape index (κ1) is 13.6. The number of hydrogen-bond donors (Lipinski definition) is 3. The fourth-order valence-electron chi connectivity index (χ4n) is 2.57. The number of rotatable bonds is 1. The third-order valence-corrected chi connectivity index (χ3v) is 4.31. The summed E-state index contributed by atoms with van der Waals surface area (Å²) in [6, 6.07) is 8.64. The van der Waals surface area contributed by atoms with E-state index in [-0.39, 0.29) is 17.5 Å². The number of hydrogen-bond acceptors (Lipinski definition) is 3. The molecule has 3 nitrogen and oxygen atoms in total. The predicted molar refractivity (Wildman–Crippen MR) is 79.8 cm³/mol. The van der Waals surface area contributed by atoms with Crippen molar-refractivity contribution in [3.8, 4) is 11.5 Å². The summed E-state index contributed by atoms with van der Waals surface area (Å²) in [6.45, 7) is 0.794. The Hall–Kier alpha value is -1.42. The number of phenols is 2. The number of fused-ring (bicyclic) bond motifs is 1. The van der Waals surface area contributed by atoms with E-state index >= 15 is 0 Å². The molecule has 1 atom stereocenters. The minimum Gasteiger partial charge on any atom is -0.504 e. The van der Waals surface area contributed by atoms with E-state index in [4.69, 9.17) is 23.2 Å². The fourth-order valence-corrected chi connectivity index (χ4v) is 2.88. The first-order chi connectivity index (χ1) is 9.56. The molecule has 5 heteroatoms. The molecule has 1 aliphatic heterocycles. The molecule has 0 saturated carbocycles. The summed E-state index contributed by atoms with van der Waals surface area (Å²) in [6.07, 6.45) is 0.807. The number of aromatic hydroxyl groups is 2. The lowest BCUT2D eigenvalue weighted by molar-refractivity contribution is 0.400. The highest BCUT2D eigenvalue weighted by atomic mass is 35.5. The molecule has 1 heterocycles. The van der Waals surface area contributed by atoms with Gasteiger partial charge in [0.05, 0.1) is 16.1 Å². The van der Waals surface area contributed by atoms with Crippen molar-refractivity contribution < 1.29 is 10.2 Å². The van der Waals surface area contributed by atoms with Gasteiger partial charge in [-0.05, 0) is 47.4 Å². The van der Waals surface area contributed by atoms with E-state index in [9.17, 15) is 10.2 Å². The van der Waals surface area contributed by atoms with Crippen LogP contribution in [0, 0.1) is 0 Å². The van der Waals surface area contributed by atoms with E-state index in [1.807, 2.05) is 12.1 Å². The SMILES string of the molecule is Oc1cc2c(cc1O)[C@@H](c1ccc(Cl)c(Cl)c1)NCC2. The molecule has 0 saturated heterocycles. The molecule has 20 heavy (non-hydrogen) atoms. The summed E-state index contributed by atoms with van der Waals surface area (Å²) in [5.74, 6) is -0.198. The van der Waals surface area contributed by atoms with Gasteiger partial charge in [-0.1, -0.05) is 29.3 Å². The van der Waals surface area contributed by atoms with Gasteiger partial charge in [-0.25, -0.2) is 0 Å². The van der Waals surface area contributed by atoms with Crippen LogP contribution >= 0.6 is 23.2 Å². The molecule has 0 fully saturated rings. The van der Waals surface area contributed by atoms with Crippen LogP contribution in [0.15, 0.2) is 30.3 Å². The van der Waals surface area contributed by atoms with Crippen LogP contribution in [-0.2, 0) is 6.42 Å². The van der Waals surface area contributed by atoms with Crippen molar-refractivity contribution in [2.45, 2.75) is 12.5 Å². The lowest BCUT2D eigenvalue weighted by Gasteiger charge is -2.28. The van der Waals surface area contributed by atoms with Crippen LogP contribution in [0.4, 0.5) is 0 Å². The Balaban J connectivity index is 2.09. The van der Waals surface area contributed by atoms with Crippen LogP contribution in [0.1, 0.15) is 22.7 Å². The first-order valence-corrected chi connectivity index (χ1v) is 7.05. The van der Waals surface area contributed by atoms with E-state index in [1.54, 1.807) is 18.2 Å². The monoisotopic (exact) mass is 309 g/mol. The molecule has 2 aromatic rings. The molecule has 0 aromatic heterocycles. The summed E-state index contributed by atoms with van der Waals surface area (Å²) < 4.78 is 0. The van der Waals surface area contributed by atoms with E-state index in [1.165, 1.54) is 0 Å². The smallest absolute Gasteiger partial charge is 0.157 e. The van der Waals surface area contributed by atoms with Gasteiger partial charge < -0.3 is 15.5 Å². The zero-order valence-electron chi connectivity index (χ0n) is 10.5. The van der Waals surface area contributed by atoms with E-state index < -0.39 is 0 Å². The summed E-state index contributed by atoms with van der Waals surface area (Å²) in [5.41, 5.74) is 2.95. The molecule has 0 spiro atoms. The van der Waals surface area contributed by atoms with Gasteiger partial charge in [-0.3, -0.25) is 0 Å². The van der Waals surface area contributed by atoms with Crippen molar-refractivity contribution >= 4 is 23.2 Å². The van der Waals surface area contributed by atoms with Gasteiger partial charge in [0.15, 0.2) is 11.5 Å². The predicted octanol–water partition coefficient (Wildman–Crippen LogP) is 3.64. The maximum atomic E-state index is 9.71. The Morgan fingerprint density at radius 3 is 2.50 bits per heavy atom. The molecule has 0 bridgehead atoms. The fraction of sp³-hybridized carbons (Fsp3) is 0.200. The minimum atomic E-state index is -0.113. The number of phenolic OH excluding ortho intramolecular Hbond substituents is 2. The number of benzene rings is 2. The van der Waals surface area contributed by atoms with Crippen molar-refractivity contribution in [3.05, 3.63) is 57.1 Å². The van der Waals surface area contributed by atoms with Gasteiger partial charge in [-0.15, -0.1) is 0 Å². The van der Waals surface area contributed by atoms with Gasteiger partial charge in [0.1, 0.15) is 0 Å². The first-order valence-electron chi connectivity index (χ1n) is 6.29. The summed E-state index contributed by atoms with van der Waals surface area (Å²) in [5, 5.41) is 23.7. The maximum absolute atomic E-state index is 9.71. The van der Waals surface area contributed by atoms with Gasteiger partial charge in [0.25, 0.3) is 0 Å². The zero-order chi connectivity index (χ0) is 14.3. The van der Waals surface area contributed by atoms with E-state index in [0.29, 0.717) is 10.0 Å². The van der Waals surface area contributed by atoms with Crippen LogP contribution in [0.5, 0.6) is 11.5 Å². The van der Waals surface area contributed by atoms with Crippen molar-refractivity contribution in [1.29, 1.82) is 0 Å². The molecule has 0 aliphatic carbocycles. The molecule has 1 aliphatic rings. The van der Waals surface area contributed by atoms with Crippen LogP contribution in [0.2, 0.25) is 10.0 Å². The third-order valence-electron chi connectivity index (χ3n) is 3.57. The van der Waals surface area contributed by atoms with Crippen LogP contribution in [-0.4, -0.2) is 16.8 Å². The Morgan fingerprint density at radius 1 is 1.00 bits per heavy atom. The highest BCUT2D eigenvalue weighted by Crippen LogP contribution is 2.37. The standard InChI is InChI=1S/C15H13Cl2NO2/c16-11-2-1-9(5-12(11)17)15-10-7-14(20)13(19)6-8(10)3-4-18-15/h1-2,5-7,15,18-20H,3-4H2/t15-/m1/s1. The third kappa shape index (κ3) is 2.33.